The Morgan fingerprint density at radius 2 is 2.07 bits per heavy atom. The van der Waals surface area contributed by atoms with Crippen LogP contribution in [0, 0.1) is 5.92 Å². The van der Waals surface area contributed by atoms with Gasteiger partial charge in [0.2, 0.25) is 5.95 Å². The SMILES string of the molecule is Cn1cc(C(=O)N2Cc3ccnn3CC(CCNc3ncccn3)C2)cn1. The molecule has 0 aliphatic carbocycles. The molecule has 0 aromatic carbocycles. The van der Waals surface area contributed by atoms with Crippen molar-refractivity contribution in [3.8, 4) is 0 Å². The maximum absolute atomic E-state index is 12.9. The number of hydrogen-bond acceptors (Lipinski definition) is 6. The van der Waals surface area contributed by atoms with Crippen LogP contribution in [0.25, 0.3) is 0 Å². The average molecular weight is 366 g/mol. The van der Waals surface area contributed by atoms with Crippen LogP contribution in [-0.4, -0.2) is 53.4 Å². The number of nitrogens with one attached hydrogen (secondary N) is 1. The lowest BCUT2D eigenvalue weighted by molar-refractivity contribution is 0.0719. The zero-order valence-corrected chi connectivity index (χ0v) is 15.2. The van der Waals surface area contributed by atoms with Crippen molar-refractivity contribution in [1.82, 2.24) is 34.4 Å². The molecule has 1 atom stereocenters. The summed E-state index contributed by atoms with van der Waals surface area (Å²) in [5.41, 5.74) is 1.66. The first-order chi connectivity index (χ1) is 13.2. The number of nitrogens with zero attached hydrogens (tertiary/aromatic N) is 7. The normalized spacial score (nSPS) is 16.6. The van der Waals surface area contributed by atoms with E-state index in [0.29, 0.717) is 24.6 Å². The smallest absolute Gasteiger partial charge is 0.257 e. The third kappa shape index (κ3) is 3.97. The molecule has 1 aliphatic rings. The topological polar surface area (TPSA) is 93.8 Å². The molecule has 0 radical (unpaired) electrons. The van der Waals surface area contributed by atoms with Gasteiger partial charge in [-0.25, -0.2) is 9.97 Å². The van der Waals surface area contributed by atoms with Gasteiger partial charge in [-0.2, -0.15) is 10.2 Å². The van der Waals surface area contributed by atoms with E-state index in [1.165, 1.54) is 0 Å². The van der Waals surface area contributed by atoms with Gasteiger partial charge in [0.1, 0.15) is 0 Å². The molecule has 3 aromatic rings. The predicted molar refractivity (Wildman–Crippen MR) is 98.8 cm³/mol. The predicted octanol–water partition coefficient (Wildman–Crippen LogP) is 1.18. The van der Waals surface area contributed by atoms with Crippen molar-refractivity contribution in [3.05, 3.63) is 54.4 Å². The van der Waals surface area contributed by atoms with E-state index in [4.69, 9.17) is 0 Å². The fourth-order valence-electron chi connectivity index (χ4n) is 3.36. The van der Waals surface area contributed by atoms with Crippen LogP contribution >= 0.6 is 0 Å². The Labute approximate surface area is 157 Å². The Balaban J connectivity index is 1.46. The maximum atomic E-state index is 12.9. The summed E-state index contributed by atoms with van der Waals surface area (Å²) >= 11 is 0. The van der Waals surface area contributed by atoms with E-state index in [9.17, 15) is 4.79 Å². The van der Waals surface area contributed by atoms with E-state index in [1.807, 2.05) is 22.7 Å². The monoisotopic (exact) mass is 366 g/mol. The zero-order valence-electron chi connectivity index (χ0n) is 15.2. The van der Waals surface area contributed by atoms with Crippen molar-refractivity contribution >= 4 is 11.9 Å². The first-order valence-electron chi connectivity index (χ1n) is 8.98. The highest BCUT2D eigenvalue weighted by Crippen LogP contribution is 2.20. The highest BCUT2D eigenvalue weighted by molar-refractivity contribution is 5.93. The van der Waals surface area contributed by atoms with Gasteiger partial charge >= 0.3 is 0 Å². The number of rotatable bonds is 5. The molecule has 9 nitrogen and oxygen atoms in total. The van der Waals surface area contributed by atoms with E-state index in [0.717, 1.165) is 25.2 Å². The molecule has 1 unspecified atom stereocenters. The van der Waals surface area contributed by atoms with Gasteiger partial charge in [-0.1, -0.05) is 0 Å². The van der Waals surface area contributed by atoms with E-state index in [2.05, 4.69) is 25.5 Å². The van der Waals surface area contributed by atoms with Gasteiger partial charge in [-0.3, -0.25) is 14.2 Å². The summed E-state index contributed by atoms with van der Waals surface area (Å²) in [5, 5.41) is 11.8. The zero-order chi connectivity index (χ0) is 18.6. The summed E-state index contributed by atoms with van der Waals surface area (Å²) in [6.07, 6.45) is 9.48. The van der Waals surface area contributed by atoms with Gasteiger partial charge in [0.25, 0.3) is 5.91 Å². The second-order valence-electron chi connectivity index (χ2n) is 6.75. The summed E-state index contributed by atoms with van der Waals surface area (Å²) in [7, 11) is 1.81. The number of anilines is 1. The summed E-state index contributed by atoms with van der Waals surface area (Å²) < 4.78 is 3.65. The Bertz CT molecular complexity index is 903. The van der Waals surface area contributed by atoms with Crippen molar-refractivity contribution in [1.29, 1.82) is 0 Å². The summed E-state index contributed by atoms with van der Waals surface area (Å²) in [6.45, 7) is 2.75. The fourth-order valence-corrected chi connectivity index (χ4v) is 3.36. The van der Waals surface area contributed by atoms with Gasteiger partial charge < -0.3 is 10.2 Å². The molecule has 140 valence electrons. The lowest BCUT2D eigenvalue weighted by Crippen LogP contribution is -2.34. The third-order valence-corrected chi connectivity index (χ3v) is 4.71. The Hall–Kier alpha value is -3.23. The molecule has 4 rings (SSSR count). The number of aryl methyl sites for hydroxylation is 1. The molecule has 1 aliphatic heterocycles. The molecule has 4 heterocycles. The quantitative estimate of drug-likeness (QED) is 0.729. The molecule has 1 N–H and O–H groups in total. The summed E-state index contributed by atoms with van der Waals surface area (Å²) in [4.78, 5) is 23.2. The Morgan fingerprint density at radius 1 is 1.22 bits per heavy atom. The van der Waals surface area contributed by atoms with Crippen LogP contribution in [0.2, 0.25) is 0 Å². The minimum absolute atomic E-state index is 0.00195. The van der Waals surface area contributed by atoms with Crippen LogP contribution in [0.1, 0.15) is 22.5 Å². The number of carbonyl (C=O) groups excluding carboxylic acids is 1. The van der Waals surface area contributed by atoms with E-state index in [1.54, 1.807) is 41.7 Å². The van der Waals surface area contributed by atoms with Crippen LogP contribution in [0.3, 0.4) is 0 Å². The van der Waals surface area contributed by atoms with Crippen molar-refractivity contribution in [2.24, 2.45) is 13.0 Å². The molecule has 9 heteroatoms. The van der Waals surface area contributed by atoms with Gasteiger partial charge in [0, 0.05) is 51.5 Å². The van der Waals surface area contributed by atoms with E-state index < -0.39 is 0 Å². The highest BCUT2D eigenvalue weighted by atomic mass is 16.2. The van der Waals surface area contributed by atoms with Crippen molar-refractivity contribution < 1.29 is 4.79 Å². The minimum Gasteiger partial charge on any atom is -0.354 e. The number of amides is 1. The Morgan fingerprint density at radius 3 is 2.85 bits per heavy atom. The molecule has 27 heavy (non-hydrogen) atoms. The lowest BCUT2D eigenvalue weighted by Gasteiger charge is -2.23. The molecule has 0 bridgehead atoms. The molecule has 0 fully saturated rings. The highest BCUT2D eigenvalue weighted by Gasteiger charge is 2.26. The summed E-state index contributed by atoms with van der Waals surface area (Å²) in [6, 6.07) is 3.76. The second-order valence-corrected chi connectivity index (χ2v) is 6.75. The van der Waals surface area contributed by atoms with Crippen LogP contribution in [0.5, 0.6) is 0 Å². The van der Waals surface area contributed by atoms with E-state index in [-0.39, 0.29) is 11.8 Å². The lowest BCUT2D eigenvalue weighted by atomic mass is 10.0. The molecular weight excluding hydrogens is 344 g/mol. The van der Waals surface area contributed by atoms with Crippen LogP contribution < -0.4 is 5.32 Å². The largest absolute Gasteiger partial charge is 0.354 e. The van der Waals surface area contributed by atoms with Crippen molar-refractivity contribution in [3.63, 3.8) is 0 Å². The second kappa shape index (κ2) is 7.56. The van der Waals surface area contributed by atoms with Crippen LogP contribution in [0.4, 0.5) is 5.95 Å². The Kier molecular flexibility index (Phi) is 4.82. The van der Waals surface area contributed by atoms with E-state index >= 15 is 0 Å². The average Bonchev–Trinajstić information content (AvgIpc) is 3.26. The van der Waals surface area contributed by atoms with Gasteiger partial charge in [0.05, 0.1) is 24.0 Å². The first kappa shape index (κ1) is 17.2. The third-order valence-electron chi connectivity index (χ3n) is 4.71. The molecular formula is C18H22N8O. The number of hydrogen-bond donors (Lipinski definition) is 1. The van der Waals surface area contributed by atoms with Crippen LogP contribution in [-0.2, 0) is 20.1 Å². The number of fused-ring (bicyclic) bond motifs is 1. The van der Waals surface area contributed by atoms with Crippen molar-refractivity contribution in [2.45, 2.75) is 19.5 Å². The molecule has 0 spiro atoms. The fraction of sp³-hybridized carbons (Fsp3) is 0.389. The minimum atomic E-state index is 0.00195. The first-order valence-corrected chi connectivity index (χ1v) is 8.98. The molecule has 0 saturated carbocycles. The van der Waals surface area contributed by atoms with Gasteiger partial charge in [-0.15, -0.1) is 0 Å². The standard InChI is InChI=1S/C18H22N8O/c1-24-12-15(9-23-24)17(27)25-10-14(11-26-16(13-25)4-8-22-26)3-7-21-18-19-5-2-6-20-18/h2,4-6,8-9,12,14H,3,7,10-11,13H2,1H3,(H,19,20,21). The number of carbonyl (C=O) groups is 1. The van der Waals surface area contributed by atoms with Crippen molar-refractivity contribution in [2.75, 3.05) is 18.4 Å². The molecule has 1 amide bonds. The van der Waals surface area contributed by atoms with Gasteiger partial charge in [-0.05, 0) is 24.5 Å². The number of aromatic nitrogens is 6. The van der Waals surface area contributed by atoms with Gasteiger partial charge in [0.15, 0.2) is 0 Å². The summed E-state index contributed by atoms with van der Waals surface area (Å²) in [5.74, 6) is 0.902. The molecule has 3 aromatic heterocycles. The van der Waals surface area contributed by atoms with Crippen LogP contribution in [0.15, 0.2) is 43.1 Å². The molecule has 0 saturated heterocycles. The maximum Gasteiger partial charge on any atom is 0.257 e.